The Hall–Kier alpha value is -2.66. The molecule has 3 N–H and O–H groups in total. The van der Waals surface area contributed by atoms with E-state index in [1.165, 1.54) is 12.1 Å². The molecule has 1 amide bonds. The first kappa shape index (κ1) is 15.2. The molecule has 0 fully saturated rings. The van der Waals surface area contributed by atoms with Crippen LogP contribution in [-0.2, 0) is 17.8 Å². The number of nitrogens with one attached hydrogen (secondary N) is 1. The maximum absolute atomic E-state index is 13.7. The van der Waals surface area contributed by atoms with Gasteiger partial charge in [-0.1, -0.05) is 30.3 Å². The number of hydrogen-bond donors (Lipinski definition) is 2. The first-order valence-corrected chi connectivity index (χ1v) is 7.40. The molecule has 4 nitrogen and oxygen atoms in total. The van der Waals surface area contributed by atoms with E-state index in [-0.39, 0.29) is 18.1 Å². The Labute approximate surface area is 133 Å². The summed E-state index contributed by atoms with van der Waals surface area (Å²) in [6.07, 6.45) is 0.129. The molecular weight excluding hydrogens is 293 g/mol. The molecule has 0 bridgehead atoms. The number of amides is 1. The number of nitrogens with zero attached hydrogens (tertiary/aromatic N) is 1. The van der Waals surface area contributed by atoms with Crippen molar-refractivity contribution in [3.8, 4) is 0 Å². The second-order valence-electron chi connectivity index (χ2n) is 5.54. The van der Waals surface area contributed by atoms with E-state index in [1.807, 2.05) is 37.3 Å². The van der Waals surface area contributed by atoms with Gasteiger partial charge in [0.05, 0.1) is 6.42 Å². The summed E-state index contributed by atoms with van der Waals surface area (Å²) in [4.78, 5) is 11.7. The maximum atomic E-state index is 13.7. The van der Waals surface area contributed by atoms with E-state index in [1.54, 1.807) is 6.07 Å². The fraction of sp³-hybridized carbons (Fsp3) is 0.167. The lowest BCUT2D eigenvalue weighted by atomic mass is 10.1. The quantitative estimate of drug-likeness (QED) is 0.442. The van der Waals surface area contributed by atoms with Gasteiger partial charge in [0.15, 0.2) is 0 Å². The van der Waals surface area contributed by atoms with Crippen molar-refractivity contribution in [2.45, 2.75) is 19.9 Å². The van der Waals surface area contributed by atoms with Gasteiger partial charge in [-0.05, 0) is 36.2 Å². The topological polar surface area (TPSA) is 60.1 Å². The molecule has 3 aromatic rings. The van der Waals surface area contributed by atoms with Crippen molar-refractivity contribution in [3.05, 3.63) is 71.2 Å². The lowest BCUT2D eigenvalue weighted by molar-refractivity contribution is -0.120. The van der Waals surface area contributed by atoms with E-state index in [0.29, 0.717) is 6.54 Å². The summed E-state index contributed by atoms with van der Waals surface area (Å²) in [7, 11) is 0. The molecule has 0 aliphatic carbocycles. The Morgan fingerprint density at radius 3 is 2.65 bits per heavy atom. The number of aromatic nitrogens is 1. The lowest BCUT2D eigenvalue weighted by Crippen LogP contribution is -2.31. The van der Waals surface area contributed by atoms with Gasteiger partial charge in [-0.25, -0.2) is 10.2 Å². The van der Waals surface area contributed by atoms with Gasteiger partial charge in [0.25, 0.3) is 0 Å². The number of fused-ring (bicyclic) bond motifs is 1. The molecule has 0 aliphatic heterocycles. The van der Waals surface area contributed by atoms with Crippen molar-refractivity contribution < 1.29 is 9.18 Å². The van der Waals surface area contributed by atoms with E-state index < -0.39 is 0 Å². The van der Waals surface area contributed by atoms with Crippen LogP contribution in [0.15, 0.2) is 48.5 Å². The van der Waals surface area contributed by atoms with Crippen LogP contribution in [-0.4, -0.2) is 10.5 Å². The summed E-state index contributed by atoms with van der Waals surface area (Å²) in [5, 5.41) is 0.752. The number of halogens is 1. The van der Waals surface area contributed by atoms with Crippen molar-refractivity contribution in [1.29, 1.82) is 0 Å². The predicted molar refractivity (Wildman–Crippen MR) is 88.2 cm³/mol. The number of nitrogens with two attached hydrogens (primary N) is 1. The average molecular weight is 311 g/mol. The average Bonchev–Trinajstić information content (AvgIpc) is 2.81. The van der Waals surface area contributed by atoms with Crippen molar-refractivity contribution in [2.75, 3.05) is 0 Å². The highest BCUT2D eigenvalue weighted by Crippen LogP contribution is 2.28. The van der Waals surface area contributed by atoms with E-state index in [2.05, 4.69) is 9.99 Å². The van der Waals surface area contributed by atoms with Crippen LogP contribution in [0.2, 0.25) is 0 Å². The summed E-state index contributed by atoms with van der Waals surface area (Å²) in [5.74, 6) is 4.58. The zero-order chi connectivity index (χ0) is 16.4. The molecule has 1 heterocycles. The molecule has 5 heteroatoms. The van der Waals surface area contributed by atoms with E-state index in [4.69, 9.17) is 5.84 Å². The molecule has 2 aromatic carbocycles. The normalized spacial score (nSPS) is 10.9. The highest BCUT2D eigenvalue weighted by molar-refractivity contribution is 5.90. The monoisotopic (exact) mass is 311 g/mol. The summed E-state index contributed by atoms with van der Waals surface area (Å²) in [5.41, 5.74) is 5.94. The third-order valence-electron chi connectivity index (χ3n) is 4.10. The predicted octanol–water partition coefficient (Wildman–Crippen LogP) is 2.67. The third-order valence-corrected chi connectivity index (χ3v) is 4.10. The van der Waals surface area contributed by atoms with Crippen LogP contribution in [0.4, 0.5) is 4.39 Å². The minimum absolute atomic E-state index is 0.129. The Balaban J connectivity index is 2.13. The Kier molecular flexibility index (Phi) is 4.12. The molecule has 3 rings (SSSR count). The summed E-state index contributed by atoms with van der Waals surface area (Å²) >= 11 is 0. The fourth-order valence-corrected chi connectivity index (χ4v) is 2.93. The minimum atomic E-state index is -0.316. The van der Waals surface area contributed by atoms with Gasteiger partial charge in [0.2, 0.25) is 5.91 Å². The van der Waals surface area contributed by atoms with Crippen LogP contribution in [0.3, 0.4) is 0 Å². The molecule has 0 atom stereocenters. The van der Waals surface area contributed by atoms with Crippen LogP contribution in [0.5, 0.6) is 0 Å². The Morgan fingerprint density at radius 1 is 1.22 bits per heavy atom. The number of hydrazine groups is 1. The molecule has 23 heavy (non-hydrogen) atoms. The van der Waals surface area contributed by atoms with Crippen LogP contribution >= 0.6 is 0 Å². The zero-order valence-corrected chi connectivity index (χ0v) is 12.8. The number of hydrogen-bond acceptors (Lipinski definition) is 2. The van der Waals surface area contributed by atoms with Gasteiger partial charge < -0.3 is 4.57 Å². The summed E-state index contributed by atoms with van der Waals surface area (Å²) < 4.78 is 15.8. The first-order chi connectivity index (χ1) is 11.1. The second kappa shape index (κ2) is 6.22. The zero-order valence-electron chi connectivity index (χ0n) is 12.8. The summed E-state index contributed by atoms with van der Waals surface area (Å²) in [6, 6.07) is 14.7. The fourth-order valence-electron chi connectivity index (χ4n) is 2.93. The van der Waals surface area contributed by atoms with Crippen LogP contribution < -0.4 is 11.3 Å². The minimum Gasteiger partial charge on any atom is -0.340 e. The molecule has 0 aliphatic rings. The lowest BCUT2D eigenvalue weighted by Gasteiger charge is -2.09. The molecule has 0 unspecified atom stereocenters. The van der Waals surface area contributed by atoms with Gasteiger partial charge in [0.1, 0.15) is 5.82 Å². The van der Waals surface area contributed by atoms with E-state index in [0.717, 1.165) is 27.7 Å². The first-order valence-electron chi connectivity index (χ1n) is 7.40. The molecule has 0 saturated heterocycles. The Bertz CT molecular complexity index is 856. The number of benzene rings is 2. The van der Waals surface area contributed by atoms with E-state index in [9.17, 15) is 9.18 Å². The maximum Gasteiger partial charge on any atom is 0.238 e. The van der Waals surface area contributed by atoms with Crippen LogP contribution in [0, 0.1) is 12.7 Å². The van der Waals surface area contributed by atoms with Crippen LogP contribution in [0.25, 0.3) is 10.9 Å². The largest absolute Gasteiger partial charge is 0.340 e. The number of rotatable bonds is 4. The molecular formula is C18H18FN3O. The molecule has 118 valence electrons. The smallest absolute Gasteiger partial charge is 0.238 e. The SMILES string of the molecule is Cc1c(CC(=O)NN)c2cc(F)ccc2n1Cc1ccccc1. The van der Waals surface area contributed by atoms with Gasteiger partial charge in [-0.3, -0.25) is 10.2 Å². The number of carbonyl (C=O) groups is 1. The molecule has 1 aromatic heterocycles. The van der Waals surface area contributed by atoms with Crippen LogP contribution in [0.1, 0.15) is 16.8 Å². The van der Waals surface area contributed by atoms with Gasteiger partial charge in [-0.15, -0.1) is 0 Å². The standard InChI is InChI=1S/C18H18FN3O/c1-12-15(10-18(23)21-20)16-9-14(19)7-8-17(16)22(12)11-13-5-3-2-4-6-13/h2-9H,10-11,20H2,1H3,(H,21,23). The van der Waals surface area contributed by atoms with Crippen molar-refractivity contribution in [2.24, 2.45) is 5.84 Å². The van der Waals surface area contributed by atoms with Crippen molar-refractivity contribution >= 4 is 16.8 Å². The molecule has 0 spiro atoms. The second-order valence-corrected chi connectivity index (χ2v) is 5.54. The highest BCUT2D eigenvalue weighted by atomic mass is 19.1. The third kappa shape index (κ3) is 2.96. The van der Waals surface area contributed by atoms with Crippen molar-refractivity contribution in [3.63, 3.8) is 0 Å². The van der Waals surface area contributed by atoms with Gasteiger partial charge in [-0.2, -0.15) is 0 Å². The molecule has 0 radical (unpaired) electrons. The van der Waals surface area contributed by atoms with Crippen molar-refractivity contribution in [1.82, 2.24) is 9.99 Å². The van der Waals surface area contributed by atoms with Gasteiger partial charge >= 0.3 is 0 Å². The summed E-state index contributed by atoms with van der Waals surface area (Å²) in [6.45, 7) is 2.61. The highest BCUT2D eigenvalue weighted by Gasteiger charge is 2.17. The molecule has 0 saturated carbocycles. The number of carbonyl (C=O) groups excluding carboxylic acids is 1. The van der Waals surface area contributed by atoms with E-state index >= 15 is 0 Å². The Morgan fingerprint density at radius 2 is 1.96 bits per heavy atom. The van der Waals surface area contributed by atoms with Gasteiger partial charge in [0, 0.05) is 23.1 Å².